The molecule has 9 heteroatoms. The fraction of sp³-hybridized carbons (Fsp3) is 0.391. The van der Waals surface area contributed by atoms with Gasteiger partial charge in [-0.1, -0.05) is 0 Å². The summed E-state index contributed by atoms with van der Waals surface area (Å²) in [5.41, 5.74) is 1.77. The van der Waals surface area contributed by atoms with Gasteiger partial charge in [0.05, 0.1) is 52.1 Å². The number of hydrogen-bond donors (Lipinski definition) is 3. The van der Waals surface area contributed by atoms with Gasteiger partial charge in [-0.2, -0.15) is 10.4 Å². The van der Waals surface area contributed by atoms with Gasteiger partial charge >= 0.3 is 0 Å². The molecule has 3 heterocycles. The minimum absolute atomic E-state index is 0.107. The van der Waals surface area contributed by atoms with Crippen molar-refractivity contribution >= 4 is 17.1 Å². The van der Waals surface area contributed by atoms with Crippen molar-refractivity contribution in [2.45, 2.75) is 50.9 Å². The lowest BCUT2D eigenvalue weighted by molar-refractivity contribution is -0.00177. The van der Waals surface area contributed by atoms with E-state index in [4.69, 9.17) is 5.26 Å². The molecule has 1 amide bonds. The van der Waals surface area contributed by atoms with Gasteiger partial charge in [-0.15, -0.1) is 0 Å². The molecular formula is C23H25FN6O2. The number of amides is 1. The van der Waals surface area contributed by atoms with E-state index in [0.29, 0.717) is 28.2 Å². The van der Waals surface area contributed by atoms with Gasteiger partial charge in [0.1, 0.15) is 12.2 Å². The van der Waals surface area contributed by atoms with E-state index < -0.39 is 17.7 Å². The van der Waals surface area contributed by atoms with Crippen molar-refractivity contribution in [1.29, 1.82) is 5.26 Å². The number of alkyl halides is 1. The molecule has 0 aromatic carbocycles. The van der Waals surface area contributed by atoms with E-state index in [1.165, 1.54) is 26.2 Å². The number of carbonyl (C=O) groups is 1. The maximum Gasteiger partial charge on any atom is 0.255 e. The van der Waals surface area contributed by atoms with Crippen LogP contribution in [0, 0.1) is 11.3 Å². The van der Waals surface area contributed by atoms with Crippen LogP contribution in [0.2, 0.25) is 0 Å². The molecule has 1 fully saturated rings. The molecule has 0 spiro atoms. The van der Waals surface area contributed by atoms with Crippen molar-refractivity contribution in [3.05, 3.63) is 47.8 Å². The van der Waals surface area contributed by atoms with Gasteiger partial charge in [0.25, 0.3) is 5.91 Å². The number of rotatable bonds is 7. The van der Waals surface area contributed by atoms with Crippen molar-refractivity contribution < 1.29 is 14.3 Å². The van der Waals surface area contributed by atoms with Crippen molar-refractivity contribution in [1.82, 2.24) is 19.9 Å². The topological polar surface area (TPSA) is 115 Å². The minimum Gasteiger partial charge on any atom is -0.387 e. The highest BCUT2D eigenvalue weighted by atomic mass is 19.1. The second-order valence-electron chi connectivity index (χ2n) is 9.04. The third-order valence-electron chi connectivity index (χ3n) is 5.69. The second-order valence-corrected chi connectivity index (χ2v) is 9.04. The van der Waals surface area contributed by atoms with Gasteiger partial charge in [0, 0.05) is 11.7 Å². The van der Waals surface area contributed by atoms with E-state index in [2.05, 4.69) is 33.7 Å². The highest BCUT2D eigenvalue weighted by molar-refractivity contribution is 6.00. The highest BCUT2D eigenvalue weighted by Crippen LogP contribution is 2.39. The van der Waals surface area contributed by atoms with Crippen LogP contribution >= 0.6 is 0 Å². The minimum atomic E-state index is -1.60. The van der Waals surface area contributed by atoms with E-state index in [9.17, 15) is 14.3 Å². The predicted molar refractivity (Wildman–Crippen MR) is 118 cm³/mol. The summed E-state index contributed by atoms with van der Waals surface area (Å²) in [6.45, 7) is 4.47. The lowest BCUT2D eigenvalue weighted by atomic mass is 10.0. The van der Waals surface area contributed by atoms with Gasteiger partial charge < -0.3 is 15.7 Å². The number of pyridine rings is 1. The number of anilines is 1. The molecule has 8 nitrogen and oxygen atoms in total. The number of carbonyl (C=O) groups excluding carboxylic acids is 1. The number of fused-ring (bicyclic) bond motifs is 1. The zero-order chi connectivity index (χ0) is 23.1. The third-order valence-corrected chi connectivity index (χ3v) is 5.69. The van der Waals surface area contributed by atoms with E-state index >= 15 is 0 Å². The Labute approximate surface area is 185 Å². The maximum absolute atomic E-state index is 14.1. The number of nitriles is 1. The molecule has 1 saturated carbocycles. The largest absolute Gasteiger partial charge is 0.387 e. The lowest BCUT2D eigenvalue weighted by Gasteiger charge is -2.23. The number of aromatic nitrogens is 3. The number of halogens is 1. The van der Waals surface area contributed by atoms with Gasteiger partial charge in [0.15, 0.2) is 0 Å². The van der Waals surface area contributed by atoms with E-state index in [-0.39, 0.29) is 12.1 Å². The van der Waals surface area contributed by atoms with E-state index in [0.717, 1.165) is 18.4 Å². The Balaban J connectivity index is 1.66. The van der Waals surface area contributed by atoms with Crippen LogP contribution in [-0.2, 0) is 0 Å². The molecule has 0 radical (unpaired) electrons. The number of hydrogen-bond acceptors (Lipinski definition) is 6. The number of nitrogens with one attached hydrogen (secondary N) is 2. The molecular weight excluding hydrogens is 411 g/mol. The molecule has 3 aromatic rings. The SMILES string of the molecule is CC1(Nc2cc(-c3ccc4cc(C#N)cnn34)ncc2C(=O)NC[C@@H](F)C(C)(C)O)CC1. The van der Waals surface area contributed by atoms with Crippen LogP contribution in [0.25, 0.3) is 16.9 Å². The standard InChI is InChI=1S/C23H25FN6O2/c1-22(2,32)20(24)13-27-21(31)16-12-26-18(9-17(16)29-23(3)6-7-23)19-5-4-15-8-14(10-25)11-28-30(15)19/h4-5,8-9,11-12,20,32H,6-7,13H2,1-3H3,(H,26,29)(H,27,31)/t20-/m1/s1. The van der Waals surface area contributed by atoms with Crippen molar-refractivity contribution in [2.24, 2.45) is 0 Å². The Hall–Kier alpha value is -3.51. The molecule has 0 saturated heterocycles. The first-order valence-electron chi connectivity index (χ1n) is 10.4. The molecule has 0 bridgehead atoms. The summed E-state index contributed by atoms with van der Waals surface area (Å²) < 4.78 is 15.8. The number of aliphatic hydroxyl groups is 1. The molecule has 0 aliphatic heterocycles. The van der Waals surface area contributed by atoms with Gasteiger partial charge in [0.2, 0.25) is 0 Å². The smallest absolute Gasteiger partial charge is 0.255 e. The van der Waals surface area contributed by atoms with Crippen LogP contribution in [0.1, 0.15) is 49.5 Å². The summed E-state index contributed by atoms with van der Waals surface area (Å²) in [7, 11) is 0. The average molecular weight is 436 g/mol. The normalized spacial score (nSPS) is 15.8. The molecule has 3 aromatic heterocycles. The molecule has 1 aliphatic carbocycles. The molecule has 4 rings (SSSR count). The Morgan fingerprint density at radius 2 is 2.12 bits per heavy atom. The predicted octanol–water partition coefficient (Wildman–Crippen LogP) is 3.07. The summed E-state index contributed by atoms with van der Waals surface area (Å²) in [6.07, 6.45) is 3.29. The first-order chi connectivity index (χ1) is 15.1. The van der Waals surface area contributed by atoms with Crippen molar-refractivity contribution in [2.75, 3.05) is 11.9 Å². The fourth-order valence-electron chi connectivity index (χ4n) is 3.30. The van der Waals surface area contributed by atoms with Gasteiger partial charge in [-0.3, -0.25) is 9.78 Å². The van der Waals surface area contributed by atoms with Crippen LogP contribution in [-0.4, -0.2) is 49.5 Å². The van der Waals surface area contributed by atoms with Crippen LogP contribution in [0.3, 0.4) is 0 Å². The van der Waals surface area contributed by atoms with Crippen LogP contribution in [0.4, 0.5) is 10.1 Å². The summed E-state index contributed by atoms with van der Waals surface area (Å²) in [5.74, 6) is -0.473. The summed E-state index contributed by atoms with van der Waals surface area (Å²) >= 11 is 0. The summed E-state index contributed by atoms with van der Waals surface area (Å²) in [5, 5.41) is 29.1. The second kappa shape index (κ2) is 7.88. The average Bonchev–Trinajstić information content (AvgIpc) is 3.32. The zero-order valence-electron chi connectivity index (χ0n) is 18.2. The van der Waals surface area contributed by atoms with Crippen LogP contribution in [0.5, 0.6) is 0 Å². The monoisotopic (exact) mass is 436 g/mol. The quantitative estimate of drug-likeness (QED) is 0.524. The Morgan fingerprint density at radius 1 is 1.38 bits per heavy atom. The molecule has 166 valence electrons. The molecule has 32 heavy (non-hydrogen) atoms. The molecule has 3 N–H and O–H groups in total. The maximum atomic E-state index is 14.1. The van der Waals surface area contributed by atoms with Gasteiger partial charge in [-0.05, 0) is 57.9 Å². The third kappa shape index (κ3) is 4.41. The van der Waals surface area contributed by atoms with Crippen LogP contribution < -0.4 is 10.6 Å². The zero-order valence-corrected chi connectivity index (χ0v) is 18.2. The Morgan fingerprint density at radius 3 is 2.78 bits per heavy atom. The molecule has 0 unspecified atom stereocenters. The highest BCUT2D eigenvalue weighted by Gasteiger charge is 2.38. The van der Waals surface area contributed by atoms with Crippen LogP contribution in [0.15, 0.2) is 36.7 Å². The molecule has 1 atom stereocenters. The van der Waals surface area contributed by atoms with E-state index in [1.54, 1.807) is 16.6 Å². The summed E-state index contributed by atoms with van der Waals surface area (Å²) in [6, 6.07) is 9.28. The van der Waals surface area contributed by atoms with Crippen molar-refractivity contribution in [3.8, 4) is 17.5 Å². The van der Waals surface area contributed by atoms with Gasteiger partial charge in [-0.25, -0.2) is 8.91 Å². The Bertz CT molecular complexity index is 1220. The Kier molecular flexibility index (Phi) is 5.34. The molecule has 1 aliphatic rings. The first kappa shape index (κ1) is 21.7. The first-order valence-corrected chi connectivity index (χ1v) is 10.4. The van der Waals surface area contributed by atoms with E-state index in [1.807, 2.05) is 12.1 Å². The summed E-state index contributed by atoms with van der Waals surface area (Å²) in [4.78, 5) is 17.2. The fourth-order valence-corrected chi connectivity index (χ4v) is 3.30. The number of nitrogens with zero attached hydrogens (tertiary/aromatic N) is 4. The van der Waals surface area contributed by atoms with Crippen molar-refractivity contribution in [3.63, 3.8) is 0 Å². The lowest BCUT2D eigenvalue weighted by Crippen LogP contribution is -2.42.